The number of H-pyrrole nitrogens is 1. The number of aromatic nitrogens is 3. The van der Waals surface area contributed by atoms with Gasteiger partial charge >= 0.3 is 5.97 Å². The van der Waals surface area contributed by atoms with Crippen LogP contribution in [0.4, 0.5) is 0 Å². The summed E-state index contributed by atoms with van der Waals surface area (Å²) in [5, 5.41) is 14.9. The number of aliphatic carboxylic acids is 1. The predicted molar refractivity (Wildman–Crippen MR) is 55.0 cm³/mol. The molecule has 0 bridgehead atoms. The van der Waals surface area contributed by atoms with E-state index in [1.807, 2.05) is 6.92 Å². The standard InChI is InChI=1S/C9H14N4O3/c1-3-4-13(5-7(14)15)9(16)8-10-6(2)11-12-8/h3-5H2,1-2H3,(H,14,15)(H,10,11,12). The maximum absolute atomic E-state index is 11.8. The van der Waals surface area contributed by atoms with E-state index in [2.05, 4.69) is 15.2 Å². The van der Waals surface area contributed by atoms with Crippen molar-refractivity contribution in [2.75, 3.05) is 13.1 Å². The Hall–Kier alpha value is -1.92. The molecule has 0 atom stereocenters. The first kappa shape index (κ1) is 12.2. The number of aromatic amines is 1. The Morgan fingerprint density at radius 3 is 2.62 bits per heavy atom. The van der Waals surface area contributed by atoms with Crippen molar-refractivity contribution in [3.05, 3.63) is 11.6 Å². The van der Waals surface area contributed by atoms with Crippen molar-refractivity contribution in [1.29, 1.82) is 0 Å². The zero-order valence-electron chi connectivity index (χ0n) is 9.23. The van der Waals surface area contributed by atoms with Crippen molar-refractivity contribution in [1.82, 2.24) is 20.1 Å². The van der Waals surface area contributed by atoms with E-state index in [1.54, 1.807) is 6.92 Å². The Morgan fingerprint density at radius 2 is 2.19 bits per heavy atom. The summed E-state index contributed by atoms with van der Waals surface area (Å²) in [4.78, 5) is 27.5. The lowest BCUT2D eigenvalue weighted by molar-refractivity contribution is -0.137. The van der Waals surface area contributed by atoms with Crippen molar-refractivity contribution >= 4 is 11.9 Å². The number of rotatable bonds is 5. The zero-order chi connectivity index (χ0) is 12.1. The van der Waals surface area contributed by atoms with E-state index in [4.69, 9.17) is 5.11 Å². The van der Waals surface area contributed by atoms with Gasteiger partial charge in [-0.25, -0.2) is 4.98 Å². The summed E-state index contributed by atoms with van der Waals surface area (Å²) in [5.74, 6) is -0.981. The first-order chi connectivity index (χ1) is 7.54. The fourth-order valence-corrected chi connectivity index (χ4v) is 1.27. The second kappa shape index (κ2) is 5.24. The Morgan fingerprint density at radius 1 is 1.50 bits per heavy atom. The number of amides is 1. The second-order valence-electron chi connectivity index (χ2n) is 3.36. The third-order valence-electron chi connectivity index (χ3n) is 1.90. The van der Waals surface area contributed by atoms with Crippen LogP contribution >= 0.6 is 0 Å². The molecule has 1 aromatic heterocycles. The summed E-state index contributed by atoms with van der Waals surface area (Å²) in [6.07, 6.45) is 0.683. The van der Waals surface area contributed by atoms with Gasteiger partial charge in [0, 0.05) is 6.54 Å². The molecule has 0 spiro atoms. The maximum atomic E-state index is 11.8. The Kier molecular flexibility index (Phi) is 3.98. The molecule has 0 fully saturated rings. The molecule has 2 N–H and O–H groups in total. The van der Waals surface area contributed by atoms with Gasteiger partial charge in [0.25, 0.3) is 5.91 Å². The second-order valence-corrected chi connectivity index (χ2v) is 3.36. The van der Waals surface area contributed by atoms with Gasteiger partial charge in [-0.1, -0.05) is 6.92 Å². The summed E-state index contributed by atoms with van der Waals surface area (Å²) in [7, 11) is 0. The molecule has 7 nitrogen and oxygen atoms in total. The van der Waals surface area contributed by atoms with Gasteiger partial charge in [0.05, 0.1) is 0 Å². The van der Waals surface area contributed by atoms with Gasteiger partial charge in [-0.3, -0.25) is 14.7 Å². The normalized spacial score (nSPS) is 10.1. The van der Waals surface area contributed by atoms with Gasteiger partial charge in [0.1, 0.15) is 12.4 Å². The van der Waals surface area contributed by atoms with Crippen LogP contribution in [-0.2, 0) is 4.79 Å². The topological polar surface area (TPSA) is 99.2 Å². The van der Waals surface area contributed by atoms with Crippen LogP contribution in [0, 0.1) is 6.92 Å². The Labute approximate surface area is 92.5 Å². The summed E-state index contributed by atoms with van der Waals surface area (Å²) < 4.78 is 0. The maximum Gasteiger partial charge on any atom is 0.323 e. The Balaban J connectivity index is 2.78. The van der Waals surface area contributed by atoms with Crippen molar-refractivity contribution in [3.63, 3.8) is 0 Å². The van der Waals surface area contributed by atoms with E-state index < -0.39 is 11.9 Å². The van der Waals surface area contributed by atoms with Crippen molar-refractivity contribution in [2.24, 2.45) is 0 Å². The minimum Gasteiger partial charge on any atom is -0.480 e. The van der Waals surface area contributed by atoms with Crippen LogP contribution < -0.4 is 0 Å². The van der Waals surface area contributed by atoms with E-state index in [0.717, 1.165) is 0 Å². The smallest absolute Gasteiger partial charge is 0.323 e. The molecule has 0 unspecified atom stereocenters. The lowest BCUT2D eigenvalue weighted by Gasteiger charge is -2.17. The number of nitrogens with one attached hydrogen (secondary N) is 1. The summed E-state index contributed by atoms with van der Waals surface area (Å²) >= 11 is 0. The molecule has 1 rings (SSSR count). The molecule has 16 heavy (non-hydrogen) atoms. The molecule has 0 saturated carbocycles. The summed E-state index contributed by atoms with van der Waals surface area (Å²) in [5.41, 5.74) is 0. The predicted octanol–water partition coefficient (Wildman–Crippen LogP) is 0.0499. The highest BCUT2D eigenvalue weighted by molar-refractivity contribution is 5.92. The largest absolute Gasteiger partial charge is 0.480 e. The molecule has 1 aromatic rings. The third-order valence-corrected chi connectivity index (χ3v) is 1.90. The van der Waals surface area contributed by atoms with E-state index in [1.165, 1.54) is 4.90 Å². The molecule has 7 heteroatoms. The molecule has 0 aliphatic carbocycles. The van der Waals surface area contributed by atoms with E-state index in [9.17, 15) is 9.59 Å². The molecular weight excluding hydrogens is 212 g/mol. The minimum absolute atomic E-state index is 0.00667. The molecule has 0 saturated heterocycles. The van der Waals surface area contributed by atoms with Gasteiger partial charge in [-0.15, -0.1) is 5.10 Å². The third kappa shape index (κ3) is 3.04. The quantitative estimate of drug-likeness (QED) is 0.739. The van der Waals surface area contributed by atoms with Crippen LogP contribution in [0.15, 0.2) is 0 Å². The Bertz CT molecular complexity index is 388. The van der Waals surface area contributed by atoms with Gasteiger partial charge in [0.15, 0.2) is 0 Å². The highest BCUT2D eigenvalue weighted by atomic mass is 16.4. The average Bonchev–Trinajstić information content (AvgIpc) is 2.62. The van der Waals surface area contributed by atoms with E-state index in [0.29, 0.717) is 18.8 Å². The lowest BCUT2D eigenvalue weighted by atomic mass is 10.3. The van der Waals surface area contributed by atoms with Crippen LogP contribution in [0.25, 0.3) is 0 Å². The molecule has 0 aromatic carbocycles. The van der Waals surface area contributed by atoms with Crippen LogP contribution in [0.5, 0.6) is 0 Å². The fourth-order valence-electron chi connectivity index (χ4n) is 1.27. The minimum atomic E-state index is -1.05. The number of carbonyl (C=O) groups is 2. The van der Waals surface area contributed by atoms with Gasteiger partial charge in [-0.05, 0) is 13.3 Å². The summed E-state index contributed by atoms with van der Waals surface area (Å²) in [6, 6.07) is 0. The van der Waals surface area contributed by atoms with E-state index in [-0.39, 0.29) is 12.4 Å². The monoisotopic (exact) mass is 226 g/mol. The first-order valence-corrected chi connectivity index (χ1v) is 4.94. The summed E-state index contributed by atoms with van der Waals surface area (Å²) in [6.45, 7) is 3.58. The van der Waals surface area contributed by atoms with Gasteiger partial charge in [0.2, 0.25) is 5.82 Å². The van der Waals surface area contributed by atoms with Crippen LogP contribution in [0.3, 0.4) is 0 Å². The average molecular weight is 226 g/mol. The number of carbonyl (C=O) groups excluding carboxylic acids is 1. The lowest BCUT2D eigenvalue weighted by Crippen LogP contribution is -2.36. The van der Waals surface area contributed by atoms with E-state index >= 15 is 0 Å². The molecule has 88 valence electrons. The molecular formula is C9H14N4O3. The first-order valence-electron chi connectivity index (χ1n) is 4.94. The number of carboxylic acids is 1. The number of hydrogen-bond donors (Lipinski definition) is 2. The van der Waals surface area contributed by atoms with Crippen molar-refractivity contribution in [2.45, 2.75) is 20.3 Å². The SMILES string of the molecule is CCCN(CC(=O)O)C(=O)c1n[nH]c(C)n1. The highest BCUT2D eigenvalue weighted by Crippen LogP contribution is 2.00. The molecule has 0 aliphatic heterocycles. The molecule has 0 radical (unpaired) electrons. The highest BCUT2D eigenvalue weighted by Gasteiger charge is 2.21. The molecule has 1 amide bonds. The van der Waals surface area contributed by atoms with Gasteiger partial charge < -0.3 is 10.0 Å². The zero-order valence-corrected chi connectivity index (χ0v) is 9.23. The van der Waals surface area contributed by atoms with Gasteiger partial charge in [-0.2, -0.15) is 0 Å². The fraction of sp³-hybridized carbons (Fsp3) is 0.556. The molecule has 0 aliphatic rings. The molecule has 1 heterocycles. The number of aryl methyl sites for hydroxylation is 1. The number of hydrogen-bond acceptors (Lipinski definition) is 4. The van der Waals surface area contributed by atoms with Crippen molar-refractivity contribution in [3.8, 4) is 0 Å². The number of carboxylic acid groups (broad SMARTS) is 1. The van der Waals surface area contributed by atoms with Crippen LogP contribution in [0.2, 0.25) is 0 Å². The van der Waals surface area contributed by atoms with Crippen LogP contribution in [-0.4, -0.2) is 50.2 Å². The number of nitrogens with zero attached hydrogens (tertiary/aromatic N) is 3. The van der Waals surface area contributed by atoms with Crippen LogP contribution in [0.1, 0.15) is 29.8 Å². The van der Waals surface area contributed by atoms with Crippen molar-refractivity contribution < 1.29 is 14.7 Å².